The van der Waals surface area contributed by atoms with E-state index < -0.39 is 0 Å². The summed E-state index contributed by atoms with van der Waals surface area (Å²) in [4.78, 5) is 15.5. The molecule has 1 aliphatic rings. The number of hydrogen-bond acceptors (Lipinski definition) is 3. The second-order valence-electron chi connectivity index (χ2n) is 4.44. The van der Waals surface area contributed by atoms with Crippen LogP contribution in [-0.2, 0) is 4.79 Å². The number of nitrogens with zero attached hydrogens (tertiary/aromatic N) is 2. The summed E-state index contributed by atoms with van der Waals surface area (Å²) in [6.07, 6.45) is 1.01. The molecule has 2 rings (SSSR count). The van der Waals surface area contributed by atoms with Crippen molar-refractivity contribution in [3.05, 3.63) is 24.3 Å². The van der Waals surface area contributed by atoms with Crippen LogP contribution in [0.25, 0.3) is 0 Å². The van der Waals surface area contributed by atoms with Crippen molar-refractivity contribution in [1.82, 2.24) is 4.90 Å². The molecule has 0 saturated carbocycles. The predicted molar refractivity (Wildman–Crippen MR) is 69.9 cm³/mol. The van der Waals surface area contributed by atoms with E-state index in [1.54, 1.807) is 6.92 Å². The first kappa shape index (κ1) is 11.8. The number of rotatable bonds is 1. The number of benzene rings is 1. The van der Waals surface area contributed by atoms with Crippen molar-refractivity contribution in [1.29, 1.82) is 0 Å². The lowest BCUT2D eigenvalue weighted by molar-refractivity contribution is -0.128. The maximum Gasteiger partial charge on any atom is 0.219 e. The van der Waals surface area contributed by atoms with Crippen molar-refractivity contribution in [2.45, 2.75) is 13.3 Å². The summed E-state index contributed by atoms with van der Waals surface area (Å²) in [5, 5.41) is 0. The van der Waals surface area contributed by atoms with Crippen LogP contribution in [0.4, 0.5) is 11.4 Å². The lowest BCUT2D eigenvalue weighted by Gasteiger charge is -2.23. The molecule has 0 unspecified atom stereocenters. The molecule has 1 amide bonds. The van der Waals surface area contributed by atoms with Gasteiger partial charge in [-0.15, -0.1) is 0 Å². The van der Waals surface area contributed by atoms with Crippen LogP contribution in [-0.4, -0.2) is 37.0 Å². The third kappa shape index (κ3) is 2.90. The number of nitrogens with two attached hydrogens (primary N) is 1. The Labute approximate surface area is 102 Å². The van der Waals surface area contributed by atoms with E-state index in [9.17, 15) is 4.79 Å². The summed E-state index contributed by atoms with van der Waals surface area (Å²) in [6, 6.07) is 7.92. The molecule has 1 saturated heterocycles. The quantitative estimate of drug-likeness (QED) is 0.744. The Morgan fingerprint density at radius 3 is 2.76 bits per heavy atom. The molecule has 0 spiro atoms. The van der Waals surface area contributed by atoms with E-state index in [1.807, 2.05) is 23.1 Å². The molecule has 1 aromatic rings. The monoisotopic (exact) mass is 233 g/mol. The van der Waals surface area contributed by atoms with Crippen LogP contribution < -0.4 is 10.6 Å². The zero-order chi connectivity index (χ0) is 12.3. The highest BCUT2D eigenvalue weighted by atomic mass is 16.2. The third-order valence-corrected chi connectivity index (χ3v) is 3.18. The van der Waals surface area contributed by atoms with Gasteiger partial charge < -0.3 is 15.5 Å². The molecule has 92 valence electrons. The highest BCUT2D eigenvalue weighted by Gasteiger charge is 2.16. The van der Waals surface area contributed by atoms with E-state index in [4.69, 9.17) is 5.73 Å². The minimum absolute atomic E-state index is 0.166. The second-order valence-corrected chi connectivity index (χ2v) is 4.44. The second kappa shape index (κ2) is 5.08. The lowest BCUT2D eigenvalue weighted by Crippen LogP contribution is -2.33. The Morgan fingerprint density at radius 2 is 2.06 bits per heavy atom. The van der Waals surface area contributed by atoms with Gasteiger partial charge in [-0.1, -0.05) is 6.07 Å². The van der Waals surface area contributed by atoms with Crippen LogP contribution in [0.2, 0.25) is 0 Å². The van der Waals surface area contributed by atoms with Crippen LogP contribution in [0.1, 0.15) is 13.3 Å². The number of amides is 1. The number of carbonyl (C=O) groups excluding carboxylic acids is 1. The molecule has 0 bridgehead atoms. The van der Waals surface area contributed by atoms with Crippen LogP contribution in [0.3, 0.4) is 0 Å². The summed E-state index contributed by atoms with van der Waals surface area (Å²) in [5.41, 5.74) is 7.72. The van der Waals surface area contributed by atoms with E-state index in [-0.39, 0.29) is 5.91 Å². The van der Waals surface area contributed by atoms with Gasteiger partial charge in [0.25, 0.3) is 0 Å². The molecule has 0 aromatic heterocycles. The Bertz CT molecular complexity index is 405. The minimum Gasteiger partial charge on any atom is -0.399 e. The van der Waals surface area contributed by atoms with Crippen molar-refractivity contribution in [2.24, 2.45) is 0 Å². The van der Waals surface area contributed by atoms with Crippen molar-refractivity contribution in [3.8, 4) is 0 Å². The van der Waals surface area contributed by atoms with Crippen molar-refractivity contribution >= 4 is 17.3 Å². The van der Waals surface area contributed by atoms with Crippen molar-refractivity contribution < 1.29 is 4.79 Å². The fraction of sp³-hybridized carbons (Fsp3) is 0.462. The van der Waals surface area contributed by atoms with Gasteiger partial charge in [-0.2, -0.15) is 0 Å². The third-order valence-electron chi connectivity index (χ3n) is 3.18. The summed E-state index contributed by atoms with van der Waals surface area (Å²) in [6.45, 7) is 5.14. The van der Waals surface area contributed by atoms with Gasteiger partial charge in [0, 0.05) is 44.5 Å². The van der Waals surface area contributed by atoms with E-state index in [2.05, 4.69) is 11.0 Å². The fourth-order valence-corrected chi connectivity index (χ4v) is 2.21. The molecule has 1 aromatic carbocycles. The first-order valence-corrected chi connectivity index (χ1v) is 6.03. The van der Waals surface area contributed by atoms with Crippen LogP contribution in [0.15, 0.2) is 24.3 Å². The Hall–Kier alpha value is -1.71. The number of anilines is 2. The Morgan fingerprint density at radius 1 is 1.24 bits per heavy atom. The molecular formula is C13H19N3O. The minimum atomic E-state index is 0.166. The number of hydrogen-bond donors (Lipinski definition) is 1. The molecular weight excluding hydrogens is 214 g/mol. The van der Waals surface area contributed by atoms with E-state index >= 15 is 0 Å². The lowest BCUT2D eigenvalue weighted by atomic mass is 10.2. The average molecular weight is 233 g/mol. The molecule has 0 aliphatic carbocycles. The van der Waals surface area contributed by atoms with Gasteiger partial charge in [0.05, 0.1) is 0 Å². The molecule has 0 atom stereocenters. The van der Waals surface area contributed by atoms with Crippen LogP contribution >= 0.6 is 0 Å². The molecule has 1 aliphatic heterocycles. The summed E-state index contributed by atoms with van der Waals surface area (Å²) in [7, 11) is 0. The Balaban J connectivity index is 2.06. The van der Waals surface area contributed by atoms with Gasteiger partial charge in [-0.05, 0) is 24.6 Å². The largest absolute Gasteiger partial charge is 0.399 e. The zero-order valence-corrected chi connectivity index (χ0v) is 10.2. The van der Waals surface area contributed by atoms with E-state index in [0.717, 1.165) is 44.0 Å². The first-order valence-electron chi connectivity index (χ1n) is 6.03. The highest BCUT2D eigenvalue weighted by molar-refractivity contribution is 5.73. The van der Waals surface area contributed by atoms with Crippen molar-refractivity contribution in [2.75, 3.05) is 36.8 Å². The Kier molecular flexibility index (Phi) is 3.52. The molecule has 0 radical (unpaired) electrons. The molecule has 2 N–H and O–H groups in total. The summed E-state index contributed by atoms with van der Waals surface area (Å²) < 4.78 is 0. The molecule has 1 fully saturated rings. The predicted octanol–water partition coefficient (Wildman–Crippen LogP) is 1.33. The summed E-state index contributed by atoms with van der Waals surface area (Å²) >= 11 is 0. The first-order chi connectivity index (χ1) is 8.16. The van der Waals surface area contributed by atoms with E-state index in [0.29, 0.717) is 0 Å². The average Bonchev–Trinajstić information content (AvgIpc) is 2.54. The molecule has 17 heavy (non-hydrogen) atoms. The van der Waals surface area contributed by atoms with Gasteiger partial charge in [-0.3, -0.25) is 4.79 Å². The van der Waals surface area contributed by atoms with Gasteiger partial charge in [0.2, 0.25) is 5.91 Å². The maximum atomic E-state index is 11.3. The zero-order valence-electron chi connectivity index (χ0n) is 10.2. The normalized spacial score (nSPS) is 16.8. The van der Waals surface area contributed by atoms with Gasteiger partial charge in [0.15, 0.2) is 0 Å². The topological polar surface area (TPSA) is 49.6 Å². The van der Waals surface area contributed by atoms with Gasteiger partial charge in [0.1, 0.15) is 0 Å². The maximum absolute atomic E-state index is 11.3. The van der Waals surface area contributed by atoms with Gasteiger partial charge in [-0.25, -0.2) is 0 Å². The summed E-state index contributed by atoms with van der Waals surface area (Å²) in [5.74, 6) is 0.166. The van der Waals surface area contributed by atoms with Crippen molar-refractivity contribution in [3.63, 3.8) is 0 Å². The van der Waals surface area contributed by atoms with Crippen LogP contribution in [0.5, 0.6) is 0 Å². The van der Waals surface area contributed by atoms with Crippen LogP contribution in [0, 0.1) is 0 Å². The number of carbonyl (C=O) groups is 1. The van der Waals surface area contributed by atoms with E-state index in [1.165, 1.54) is 0 Å². The molecule has 1 heterocycles. The number of nitrogen functional groups attached to an aromatic ring is 1. The molecule has 4 nitrogen and oxygen atoms in total. The standard InChI is InChI=1S/C13H19N3O/c1-11(17)15-6-3-7-16(9-8-15)13-5-2-4-12(14)10-13/h2,4-5,10H,3,6-9,14H2,1H3. The SMILES string of the molecule is CC(=O)N1CCCN(c2cccc(N)c2)CC1. The van der Waals surface area contributed by atoms with Gasteiger partial charge >= 0.3 is 0 Å². The highest BCUT2D eigenvalue weighted by Crippen LogP contribution is 2.19. The smallest absolute Gasteiger partial charge is 0.219 e. The molecule has 4 heteroatoms. The fourth-order valence-electron chi connectivity index (χ4n) is 2.21.